The Morgan fingerprint density at radius 1 is 1.58 bits per heavy atom. The highest BCUT2D eigenvalue weighted by Gasteiger charge is 2.07. The molecule has 66 valence electrons. The third-order valence-electron chi connectivity index (χ3n) is 1.65. The van der Waals surface area contributed by atoms with E-state index in [0.29, 0.717) is 0 Å². The molecule has 1 aromatic rings. The molecule has 0 saturated heterocycles. The first-order chi connectivity index (χ1) is 5.77. The maximum absolute atomic E-state index is 5.84. The molecule has 1 aromatic carbocycles. The van der Waals surface area contributed by atoms with Crippen LogP contribution >= 0.6 is 34.2 Å². The van der Waals surface area contributed by atoms with Gasteiger partial charge < -0.3 is 4.74 Å². The van der Waals surface area contributed by atoms with E-state index in [1.807, 2.05) is 24.3 Å². The summed E-state index contributed by atoms with van der Waals surface area (Å²) in [5, 5.41) is 0.763. The first-order valence-electron chi connectivity index (χ1n) is 3.62. The predicted octanol–water partition coefficient (Wildman–Crippen LogP) is 3.46. The van der Waals surface area contributed by atoms with Crippen molar-refractivity contribution in [1.29, 1.82) is 0 Å². The van der Waals surface area contributed by atoms with Gasteiger partial charge >= 0.3 is 0 Å². The van der Waals surface area contributed by atoms with Gasteiger partial charge in [0, 0.05) is 16.6 Å². The Labute approximate surface area is 91.2 Å². The van der Waals surface area contributed by atoms with Crippen molar-refractivity contribution in [2.75, 3.05) is 11.5 Å². The monoisotopic (exact) mass is 296 g/mol. The van der Waals surface area contributed by atoms with Crippen molar-refractivity contribution in [3.8, 4) is 0 Å². The molecule has 0 aliphatic rings. The largest absolute Gasteiger partial charge is 0.376 e. The van der Waals surface area contributed by atoms with E-state index < -0.39 is 0 Å². The molecule has 3 heteroatoms. The van der Waals surface area contributed by atoms with Gasteiger partial charge in [-0.15, -0.1) is 0 Å². The normalized spacial score (nSPS) is 12.9. The van der Waals surface area contributed by atoms with Crippen molar-refractivity contribution in [1.82, 2.24) is 0 Å². The van der Waals surface area contributed by atoms with E-state index in [4.69, 9.17) is 16.3 Å². The second kappa shape index (κ2) is 5.04. The number of benzene rings is 1. The summed E-state index contributed by atoms with van der Waals surface area (Å²) in [7, 11) is 1.71. The van der Waals surface area contributed by atoms with Gasteiger partial charge in [-0.1, -0.05) is 46.3 Å². The molecular formula is C9H10ClIO. The number of rotatable bonds is 3. The lowest BCUT2D eigenvalue weighted by atomic mass is 10.1. The van der Waals surface area contributed by atoms with Crippen LogP contribution in [0.2, 0.25) is 5.02 Å². The highest BCUT2D eigenvalue weighted by molar-refractivity contribution is 14.1. The van der Waals surface area contributed by atoms with Crippen LogP contribution in [0.5, 0.6) is 0 Å². The Morgan fingerprint density at radius 3 is 2.83 bits per heavy atom. The van der Waals surface area contributed by atoms with Gasteiger partial charge in [-0.25, -0.2) is 0 Å². The second-order valence-electron chi connectivity index (χ2n) is 2.43. The van der Waals surface area contributed by atoms with Crippen LogP contribution in [0.25, 0.3) is 0 Å². The number of halogens is 2. The topological polar surface area (TPSA) is 9.23 Å². The van der Waals surface area contributed by atoms with Crippen LogP contribution in [0.3, 0.4) is 0 Å². The van der Waals surface area contributed by atoms with Crippen molar-refractivity contribution < 1.29 is 4.74 Å². The summed E-state index contributed by atoms with van der Waals surface area (Å²) in [6, 6.07) is 7.77. The van der Waals surface area contributed by atoms with E-state index in [9.17, 15) is 0 Å². The van der Waals surface area contributed by atoms with Crippen LogP contribution in [0.15, 0.2) is 24.3 Å². The molecule has 0 aliphatic carbocycles. The molecule has 0 amide bonds. The van der Waals surface area contributed by atoms with Gasteiger partial charge in [0.15, 0.2) is 0 Å². The van der Waals surface area contributed by atoms with E-state index in [-0.39, 0.29) is 6.10 Å². The van der Waals surface area contributed by atoms with Gasteiger partial charge in [0.1, 0.15) is 0 Å². The summed E-state index contributed by atoms with van der Waals surface area (Å²) in [6.45, 7) is 0. The van der Waals surface area contributed by atoms with Crippen LogP contribution in [0, 0.1) is 0 Å². The van der Waals surface area contributed by atoms with Crippen molar-refractivity contribution >= 4 is 34.2 Å². The standard InChI is InChI=1S/C9H10ClIO/c1-12-9(6-11)7-3-2-4-8(10)5-7/h2-5,9H,6H2,1H3. The van der Waals surface area contributed by atoms with E-state index >= 15 is 0 Å². The number of ether oxygens (including phenoxy) is 1. The van der Waals surface area contributed by atoms with E-state index in [1.165, 1.54) is 0 Å². The molecule has 1 unspecified atom stereocenters. The van der Waals surface area contributed by atoms with Crippen LogP contribution < -0.4 is 0 Å². The molecule has 0 spiro atoms. The molecule has 0 aromatic heterocycles. The Morgan fingerprint density at radius 2 is 2.33 bits per heavy atom. The molecule has 0 heterocycles. The summed E-state index contributed by atoms with van der Waals surface area (Å²) >= 11 is 8.14. The zero-order chi connectivity index (χ0) is 8.97. The van der Waals surface area contributed by atoms with Crippen LogP contribution in [0.4, 0.5) is 0 Å². The van der Waals surface area contributed by atoms with Crippen LogP contribution in [0.1, 0.15) is 11.7 Å². The minimum atomic E-state index is 0.157. The lowest BCUT2D eigenvalue weighted by Crippen LogP contribution is -2.01. The predicted molar refractivity (Wildman–Crippen MR) is 60.1 cm³/mol. The maximum Gasteiger partial charge on any atom is 0.0910 e. The van der Waals surface area contributed by atoms with Gasteiger partial charge in [0.2, 0.25) is 0 Å². The molecule has 0 radical (unpaired) electrons. The average molecular weight is 297 g/mol. The van der Waals surface area contributed by atoms with Crippen LogP contribution in [-0.2, 0) is 4.74 Å². The first kappa shape index (κ1) is 10.3. The Bertz CT molecular complexity index is 248. The number of hydrogen-bond acceptors (Lipinski definition) is 1. The lowest BCUT2D eigenvalue weighted by Gasteiger charge is -2.12. The van der Waals surface area contributed by atoms with Crippen molar-refractivity contribution in [3.05, 3.63) is 34.9 Å². The third kappa shape index (κ3) is 2.61. The molecule has 0 fully saturated rings. The minimum absolute atomic E-state index is 0.157. The maximum atomic E-state index is 5.84. The zero-order valence-corrected chi connectivity index (χ0v) is 9.67. The number of methoxy groups -OCH3 is 1. The SMILES string of the molecule is COC(CI)c1cccc(Cl)c1. The molecule has 12 heavy (non-hydrogen) atoms. The van der Waals surface area contributed by atoms with Crippen molar-refractivity contribution in [3.63, 3.8) is 0 Å². The summed E-state index contributed by atoms with van der Waals surface area (Å²) < 4.78 is 6.21. The Hall–Kier alpha value is 0.200. The fourth-order valence-electron chi connectivity index (χ4n) is 0.995. The van der Waals surface area contributed by atoms with Gasteiger partial charge in [0.25, 0.3) is 0 Å². The second-order valence-corrected chi connectivity index (χ2v) is 3.75. The minimum Gasteiger partial charge on any atom is -0.376 e. The molecule has 1 atom stereocenters. The lowest BCUT2D eigenvalue weighted by molar-refractivity contribution is 0.126. The van der Waals surface area contributed by atoms with Gasteiger partial charge in [-0.3, -0.25) is 0 Å². The van der Waals surface area contributed by atoms with Crippen LogP contribution in [-0.4, -0.2) is 11.5 Å². The summed E-state index contributed by atoms with van der Waals surface area (Å²) in [5.74, 6) is 0. The quantitative estimate of drug-likeness (QED) is 0.613. The highest BCUT2D eigenvalue weighted by Crippen LogP contribution is 2.21. The Balaban J connectivity index is 2.85. The first-order valence-corrected chi connectivity index (χ1v) is 5.52. The molecule has 0 aliphatic heterocycles. The summed E-state index contributed by atoms with van der Waals surface area (Å²) in [5.41, 5.74) is 1.14. The van der Waals surface area contributed by atoms with E-state index in [0.717, 1.165) is 15.0 Å². The molecule has 0 N–H and O–H groups in total. The Kier molecular flexibility index (Phi) is 4.32. The molecule has 1 nitrogen and oxygen atoms in total. The molecule has 0 bridgehead atoms. The highest BCUT2D eigenvalue weighted by atomic mass is 127. The fraction of sp³-hybridized carbons (Fsp3) is 0.333. The fourth-order valence-corrected chi connectivity index (χ4v) is 2.06. The van der Waals surface area contributed by atoms with E-state index in [1.54, 1.807) is 7.11 Å². The van der Waals surface area contributed by atoms with Crippen molar-refractivity contribution in [2.45, 2.75) is 6.10 Å². The smallest absolute Gasteiger partial charge is 0.0910 e. The van der Waals surface area contributed by atoms with E-state index in [2.05, 4.69) is 22.6 Å². The average Bonchev–Trinajstić information content (AvgIpc) is 2.07. The van der Waals surface area contributed by atoms with Gasteiger partial charge in [0.05, 0.1) is 6.10 Å². The van der Waals surface area contributed by atoms with Gasteiger partial charge in [-0.05, 0) is 17.7 Å². The number of alkyl halides is 1. The van der Waals surface area contributed by atoms with Gasteiger partial charge in [-0.2, -0.15) is 0 Å². The molecular weight excluding hydrogens is 286 g/mol. The zero-order valence-electron chi connectivity index (χ0n) is 6.76. The van der Waals surface area contributed by atoms with Crippen molar-refractivity contribution in [2.24, 2.45) is 0 Å². The third-order valence-corrected chi connectivity index (χ3v) is 2.68. The molecule has 0 saturated carbocycles. The summed E-state index contributed by atoms with van der Waals surface area (Å²) in [6.07, 6.45) is 0.157. The summed E-state index contributed by atoms with van der Waals surface area (Å²) in [4.78, 5) is 0. The number of hydrogen-bond donors (Lipinski definition) is 0. The molecule has 1 rings (SSSR count).